The number of nitrogens with zero attached hydrogens (tertiary/aromatic N) is 3. The number of nitriles is 1. The number of pyridine rings is 1. The normalized spacial score (nSPS) is 35.1. The number of hydrogen-bond acceptors (Lipinski definition) is 6. The Morgan fingerprint density at radius 3 is 2.78 bits per heavy atom. The summed E-state index contributed by atoms with van der Waals surface area (Å²) in [4.78, 5) is 19.4. The van der Waals surface area contributed by atoms with Crippen molar-refractivity contribution in [3.63, 3.8) is 0 Å². The van der Waals surface area contributed by atoms with Gasteiger partial charge < -0.3 is 20.1 Å². The van der Waals surface area contributed by atoms with Crippen LogP contribution in [0, 0.1) is 29.1 Å². The van der Waals surface area contributed by atoms with Crippen molar-refractivity contribution in [3.05, 3.63) is 35.9 Å². The highest BCUT2D eigenvalue weighted by molar-refractivity contribution is 5.81. The molecule has 7 rings (SSSR count). The fraction of sp³-hybridized carbons (Fsp3) is 0.560. The molecule has 1 aromatic heterocycles. The Morgan fingerprint density at radius 1 is 1.22 bits per heavy atom. The zero-order valence-corrected chi connectivity index (χ0v) is 18.0. The molecular weight excluding hydrogens is 404 g/mol. The van der Waals surface area contributed by atoms with Crippen LogP contribution in [0.2, 0.25) is 0 Å². The van der Waals surface area contributed by atoms with Crippen LogP contribution in [-0.4, -0.2) is 51.9 Å². The lowest BCUT2D eigenvalue weighted by Gasteiger charge is -2.57. The van der Waals surface area contributed by atoms with Crippen LogP contribution in [0.5, 0.6) is 0 Å². The van der Waals surface area contributed by atoms with Crippen LogP contribution in [-0.2, 0) is 4.74 Å². The van der Waals surface area contributed by atoms with Crippen molar-refractivity contribution in [1.29, 1.82) is 5.26 Å². The Kier molecular flexibility index (Phi) is 4.55. The second kappa shape index (κ2) is 7.35. The summed E-state index contributed by atoms with van der Waals surface area (Å²) < 4.78 is 6.04. The van der Waals surface area contributed by atoms with Crippen molar-refractivity contribution in [2.75, 3.05) is 18.4 Å². The number of aliphatic hydroxyl groups is 1. The van der Waals surface area contributed by atoms with Crippen LogP contribution in [0.1, 0.15) is 44.1 Å². The monoisotopic (exact) mass is 432 g/mol. The molecule has 0 radical (unpaired) electrons. The fourth-order valence-corrected chi connectivity index (χ4v) is 6.85. The standard InChI is InChI=1S/C25H28N4O3/c26-13-15-1-3-21-17(7-15)2-4-22(28-21)27-20-5-6-29(14-20)24(30)32-23-18-8-16-9-19(23)12-25(31,10-16)11-18/h1-4,7,16,18-20,23,31H,5-6,8-12,14H2,(H,27,28)/t16?,18-,19?,20?,23?,25?/m1/s1. The van der Waals surface area contributed by atoms with Gasteiger partial charge in [-0.05, 0) is 86.6 Å². The first kappa shape index (κ1) is 19.8. The summed E-state index contributed by atoms with van der Waals surface area (Å²) in [6.45, 7) is 1.27. The van der Waals surface area contributed by atoms with E-state index in [4.69, 9.17) is 10.00 Å². The van der Waals surface area contributed by atoms with Gasteiger partial charge in [-0.25, -0.2) is 9.78 Å². The molecule has 7 heteroatoms. The molecule has 1 aliphatic heterocycles. The SMILES string of the molecule is N#Cc1ccc2nc(NC3CCN(C(=O)OC4C5CC6C[C@@H]4CC(O)(C6)C5)C3)ccc2c1. The topological polar surface area (TPSA) is 98.5 Å². The minimum atomic E-state index is -0.509. The number of carbonyl (C=O) groups is 1. The Morgan fingerprint density at radius 2 is 2.03 bits per heavy atom. The van der Waals surface area contributed by atoms with Gasteiger partial charge in [0.05, 0.1) is 22.8 Å². The molecule has 4 saturated carbocycles. The number of amides is 1. The van der Waals surface area contributed by atoms with Crippen LogP contribution in [0.3, 0.4) is 0 Å². The van der Waals surface area contributed by atoms with E-state index in [9.17, 15) is 9.90 Å². The summed E-state index contributed by atoms with van der Waals surface area (Å²) in [7, 11) is 0. The molecule has 4 aliphatic carbocycles. The van der Waals surface area contributed by atoms with Gasteiger partial charge in [-0.2, -0.15) is 5.26 Å². The highest BCUT2D eigenvalue weighted by atomic mass is 16.6. The van der Waals surface area contributed by atoms with Crippen molar-refractivity contribution in [2.24, 2.45) is 17.8 Å². The van der Waals surface area contributed by atoms with Gasteiger partial charge in [0.15, 0.2) is 0 Å². The number of aromatic nitrogens is 1. The zero-order chi connectivity index (χ0) is 21.9. The fourth-order valence-electron chi connectivity index (χ4n) is 6.85. The average Bonchev–Trinajstić information content (AvgIpc) is 3.23. The maximum Gasteiger partial charge on any atom is 0.410 e. The maximum absolute atomic E-state index is 12.9. The predicted molar refractivity (Wildman–Crippen MR) is 119 cm³/mol. The molecule has 5 aliphatic rings. The summed E-state index contributed by atoms with van der Waals surface area (Å²) in [5.74, 6) is 2.01. The van der Waals surface area contributed by atoms with Gasteiger partial charge in [0, 0.05) is 24.5 Å². The highest BCUT2D eigenvalue weighted by Crippen LogP contribution is 2.56. The van der Waals surface area contributed by atoms with Gasteiger partial charge in [-0.3, -0.25) is 0 Å². The smallest absolute Gasteiger partial charge is 0.410 e. The third kappa shape index (κ3) is 3.47. The summed E-state index contributed by atoms with van der Waals surface area (Å²) >= 11 is 0. The molecule has 2 N–H and O–H groups in total. The average molecular weight is 433 g/mol. The van der Waals surface area contributed by atoms with E-state index in [-0.39, 0.29) is 18.2 Å². The molecule has 2 aromatic rings. The molecule has 2 heterocycles. The minimum Gasteiger partial charge on any atom is -0.446 e. The number of ether oxygens (including phenoxy) is 1. The van der Waals surface area contributed by atoms with Gasteiger partial charge in [0.2, 0.25) is 0 Å². The van der Waals surface area contributed by atoms with E-state index in [1.165, 1.54) is 0 Å². The van der Waals surface area contributed by atoms with Gasteiger partial charge in [0.25, 0.3) is 0 Å². The molecule has 1 amide bonds. The first-order valence-corrected chi connectivity index (χ1v) is 11.7. The Bertz CT molecular complexity index is 1100. The largest absolute Gasteiger partial charge is 0.446 e. The van der Waals surface area contributed by atoms with Crippen molar-refractivity contribution in [1.82, 2.24) is 9.88 Å². The molecule has 6 atom stereocenters. The Balaban J connectivity index is 1.07. The lowest BCUT2D eigenvalue weighted by atomic mass is 9.53. The van der Waals surface area contributed by atoms with Crippen molar-refractivity contribution in [3.8, 4) is 6.07 Å². The molecule has 1 aromatic carbocycles. The van der Waals surface area contributed by atoms with Gasteiger partial charge in [0.1, 0.15) is 11.9 Å². The van der Waals surface area contributed by atoms with E-state index in [2.05, 4.69) is 16.4 Å². The number of rotatable bonds is 3. The molecule has 1 saturated heterocycles. The third-order valence-electron chi connectivity index (χ3n) is 8.01. The lowest BCUT2D eigenvalue weighted by molar-refractivity contribution is -0.177. The summed E-state index contributed by atoms with van der Waals surface area (Å²) in [5, 5.41) is 24.2. The number of carbonyl (C=O) groups excluding carboxylic acids is 1. The number of fused-ring (bicyclic) bond motifs is 1. The number of anilines is 1. The summed E-state index contributed by atoms with van der Waals surface area (Å²) in [5.41, 5.74) is 0.954. The highest BCUT2D eigenvalue weighted by Gasteiger charge is 2.56. The molecule has 5 unspecified atom stereocenters. The van der Waals surface area contributed by atoms with Crippen molar-refractivity contribution in [2.45, 2.75) is 56.3 Å². The second-order valence-corrected chi connectivity index (χ2v) is 10.3. The molecule has 166 valence electrons. The van der Waals surface area contributed by atoms with Crippen molar-refractivity contribution >= 4 is 22.8 Å². The van der Waals surface area contributed by atoms with Crippen LogP contribution >= 0.6 is 0 Å². The lowest BCUT2D eigenvalue weighted by Crippen LogP contribution is -2.58. The predicted octanol–water partition coefficient (Wildman–Crippen LogP) is 3.67. The molecule has 32 heavy (non-hydrogen) atoms. The van der Waals surface area contributed by atoms with Crippen LogP contribution in [0.25, 0.3) is 10.9 Å². The number of benzene rings is 1. The summed E-state index contributed by atoms with van der Waals surface area (Å²) in [6, 6.07) is 11.6. The maximum atomic E-state index is 12.9. The molecule has 0 spiro atoms. The van der Waals surface area contributed by atoms with Crippen LogP contribution in [0.15, 0.2) is 30.3 Å². The summed E-state index contributed by atoms with van der Waals surface area (Å²) in [6.07, 6.45) is 5.27. The molecule has 5 fully saturated rings. The van der Waals surface area contributed by atoms with E-state index in [0.29, 0.717) is 36.4 Å². The van der Waals surface area contributed by atoms with E-state index in [1.807, 2.05) is 24.3 Å². The van der Waals surface area contributed by atoms with Crippen molar-refractivity contribution < 1.29 is 14.6 Å². The van der Waals surface area contributed by atoms with Crippen LogP contribution in [0.4, 0.5) is 10.6 Å². The third-order valence-corrected chi connectivity index (χ3v) is 8.01. The van der Waals surface area contributed by atoms with E-state index < -0.39 is 5.60 Å². The van der Waals surface area contributed by atoms with E-state index in [0.717, 1.165) is 55.2 Å². The zero-order valence-electron chi connectivity index (χ0n) is 18.0. The van der Waals surface area contributed by atoms with E-state index >= 15 is 0 Å². The molecular formula is C25H28N4O3. The molecule has 7 nitrogen and oxygen atoms in total. The van der Waals surface area contributed by atoms with Gasteiger partial charge in [-0.15, -0.1) is 0 Å². The minimum absolute atomic E-state index is 0.0354. The van der Waals surface area contributed by atoms with Gasteiger partial charge >= 0.3 is 6.09 Å². The quantitative estimate of drug-likeness (QED) is 0.768. The first-order chi connectivity index (χ1) is 15.5. The van der Waals surface area contributed by atoms with Gasteiger partial charge in [-0.1, -0.05) is 0 Å². The van der Waals surface area contributed by atoms with Crippen LogP contribution < -0.4 is 5.32 Å². The molecule has 4 bridgehead atoms. The Labute approximate surface area is 187 Å². The Hall–Kier alpha value is -2.85. The second-order valence-electron chi connectivity index (χ2n) is 10.3. The van der Waals surface area contributed by atoms with E-state index in [1.54, 1.807) is 11.0 Å². The number of hydrogen-bond donors (Lipinski definition) is 2. The number of nitrogens with one attached hydrogen (secondary N) is 1. The first-order valence-electron chi connectivity index (χ1n) is 11.7. The number of likely N-dealkylation sites (tertiary alicyclic amines) is 1.